The fourth-order valence-electron chi connectivity index (χ4n) is 4.30. The number of anilines is 3. The fraction of sp³-hybridized carbons (Fsp3) is 0.565. The van der Waals surface area contributed by atoms with Crippen molar-refractivity contribution in [2.45, 2.75) is 38.0 Å². The van der Waals surface area contributed by atoms with Crippen LogP contribution in [-0.2, 0) is 23.9 Å². The van der Waals surface area contributed by atoms with E-state index in [9.17, 15) is 13.2 Å². The van der Waals surface area contributed by atoms with E-state index in [-0.39, 0.29) is 17.8 Å². The lowest BCUT2D eigenvalue weighted by molar-refractivity contribution is -0.137. The number of fused-ring (bicyclic) bond motifs is 1. The third-order valence-electron chi connectivity index (χ3n) is 6.40. The minimum absolute atomic E-state index is 0.0565. The van der Waals surface area contributed by atoms with Crippen molar-refractivity contribution in [3.8, 4) is 0 Å². The first-order chi connectivity index (χ1) is 15.9. The first-order valence-corrected chi connectivity index (χ1v) is 11.6. The van der Waals surface area contributed by atoms with E-state index in [2.05, 4.69) is 42.5 Å². The second-order valence-corrected chi connectivity index (χ2v) is 8.96. The van der Waals surface area contributed by atoms with Gasteiger partial charge in [-0.2, -0.15) is 18.2 Å². The van der Waals surface area contributed by atoms with Crippen LogP contribution in [0.5, 0.6) is 0 Å². The van der Waals surface area contributed by atoms with Gasteiger partial charge in [-0.15, -0.1) is 0 Å². The van der Waals surface area contributed by atoms with Gasteiger partial charge < -0.3 is 15.4 Å². The van der Waals surface area contributed by atoms with Gasteiger partial charge in [-0.1, -0.05) is 6.07 Å². The molecule has 0 spiro atoms. The van der Waals surface area contributed by atoms with Crippen LogP contribution in [0.25, 0.3) is 0 Å². The standard InChI is InChI=1S/C23H29F3N6O/c24-23(25,26)20-14-27-22(30-21(20)28-18-3-4-18)29-19-2-1-16-5-6-32(15-17(16)13-19)8-7-31-9-11-33-12-10-31/h1-2,13-14,18H,3-12,15H2,(H2,27,28,29,30). The summed E-state index contributed by atoms with van der Waals surface area (Å²) in [5, 5.41) is 5.98. The summed E-state index contributed by atoms with van der Waals surface area (Å²) in [6, 6.07) is 6.15. The molecule has 0 bridgehead atoms. The van der Waals surface area contributed by atoms with Crippen LogP contribution < -0.4 is 10.6 Å². The van der Waals surface area contributed by atoms with Gasteiger partial charge in [0, 0.05) is 57.2 Å². The topological polar surface area (TPSA) is 65.6 Å². The highest BCUT2D eigenvalue weighted by Crippen LogP contribution is 2.36. The molecule has 178 valence electrons. The summed E-state index contributed by atoms with van der Waals surface area (Å²) in [5.41, 5.74) is 2.49. The molecule has 0 atom stereocenters. The van der Waals surface area contributed by atoms with Crippen LogP contribution in [0.4, 0.5) is 30.6 Å². The second-order valence-electron chi connectivity index (χ2n) is 8.96. The first-order valence-electron chi connectivity index (χ1n) is 11.6. The van der Waals surface area contributed by atoms with Gasteiger partial charge >= 0.3 is 6.18 Å². The molecule has 1 aliphatic carbocycles. The molecular formula is C23H29F3N6O. The maximum Gasteiger partial charge on any atom is 0.421 e. The number of nitrogens with zero attached hydrogens (tertiary/aromatic N) is 4. The van der Waals surface area contributed by atoms with Crippen LogP contribution in [0, 0.1) is 0 Å². The van der Waals surface area contributed by atoms with Crippen LogP contribution in [0.3, 0.4) is 0 Å². The van der Waals surface area contributed by atoms with Gasteiger partial charge in [0.05, 0.1) is 13.2 Å². The molecule has 1 saturated carbocycles. The largest absolute Gasteiger partial charge is 0.421 e. The summed E-state index contributed by atoms with van der Waals surface area (Å²) in [6.07, 6.45) is -0.934. The molecule has 2 aliphatic heterocycles. The molecule has 33 heavy (non-hydrogen) atoms. The Morgan fingerprint density at radius 1 is 1.03 bits per heavy atom. The van der Waals surface area contributed by atoms with Gasteiger partial charge in [-0.05, 0) is 42.5 Å². The Kier molecular flexibility index (Phi) is 6.40. The van der Waals surface area contributed by atoms with Gasteiger partial charge in [-0.25, -0.2) is 4.98 Å². The van der Waals surface area contributed by atoms with Crippen LogP contribution in [0.15, 0.2) is 24.4 Å². The zero-order chi connectivity index (χ0) is 22.8. The SMILES string of the molecule is FC(F)(F)c1cnc(Nc2ccc3c(c2)CN(CCN2CCOCC2)CC3)nc1NC1CC1. The lowest BCUT2D eigenvalue weighted by atomic mass is 9.99. The summed E-state index contributed by atoms with van der Waals surface area (Å²) in [4.78, 5) is 13.0. The number of aromatic nitrogens is 2. The Hall–Kier alpha value is -2.43. The minimum atomic E-state index is -4.49. The number of morpholine rings is 1. The molecule has 3 heterocycles. The van der Waals surface area contributed by atoms with Crippen molar-refractivity contribution in [1.29, 1.82) is 0 Å². The summed E-state index contributed by atoms with van der Waals surface area (Å²) < 4.78 is 45.4. The smallest absolute Gasteiger partial charge is 0.379 e. The highest BCUT2D eigenvalue weighted by Gasteiger charge is 2.37. The monoisotopic (exact) mass is 462 g/mol. The highest BCUT2D eigenvalue weighted by molar-refractivity contribution is 5.59. The van der Waals surface area contributed by atoms with E-state index < -0.39 is 11.7 Å². The molecule has 10 heteroatoms. The molecule has 7 nitrogen and oxygen atoms in total. The average Bonchev–Trinajstić information content (AvgIpc) is 3.61. The molecule has 2 aromatic rings. The average molecular weight is 463 g/mol. The Morgan fingerprint density at radius 2 is 1.82 bits per heavy atom. The molecule has 0 amide bonds. The second kappa shape index (κ2) is 9.44. The number of rotatable bonds is 7. The van der Waals surface area contributed by atoms with E-state index in [0.29, 0.717) is 0 Å². The quantitative estimate of drug-likeness (QED) is 0.653. The molecule has 0 unspecified atom stereocenters. The predicted molar refractivity (Wildman–Crippen MR) is 120 cm³/mol. The van der Waals surface area contributed by atoms with Crippen molar-refractivity contribution in [2.24, 2.45) is 0 Å². The number of ether oxygens (including phenoxy) is 1. The third kappa shape index (κ3) is 5.74. The number of benzene rings is 1. The summed E-state index contributed by atoms with van der Waals surface area (Å²) in [6.45, 7) is 7.53. The van der Waals surface area contributed by atoms with Crippen LogP contribution in [0.2, 0.25) is 0 Å². The van der Waals surface area contributed by atoms with Gasteiger partial charge in [0.25, 0.3) is 0 Å². The lowest BCUT2D eigenvalue weighted by Gasteiger charge is -2.32. The third-order valence-corrected chi connectivity index (χ3v) is 6.40. The molecule has 2 fully saturated rings. The van der Waals surface area contributed by atoms with Crippen molar-refractivity contribution >= 4 is 17.5 Å². The Balaban J connectivity index is 1.25. The van der Waals surface area contributed by atoms with Crippen molar-refractivity contribution in [3.63, 3.8) is 0 Å². The molecule has 1 saturated heterocycles. The molecule has 0 radical (unpaired) electrons. The molecule has 1 aromatic carbocycles. The predicted octanol–water partition coefficient (Wildman–Crippen LogP) is 3.50. The van der Waals surface area contributed by atoms with Gasteiger partial charge in [0.2, 0.25) is 5.95 Å². The molecule has 1 aromatic heterocycles. The molecular weight excluding hydrogens is 433 g/mol. The number of nitrogens with one attached hydrogen (secondary N) is 2. The van der Waals surface area contributed by atoms with Crippen molar-refractivity contribution in [3.05, 3.63) is 41.1 Å². The zero-order valence-electron chi connectivity index (χ0n) is 18.5. The molecule has 3 aliphatic rings. The fourth-order valence-corrected chi connectivity index (χ4v) is 4.30. The van der Waals surface area contributed by atoms with Gasteiger partial charge in [0.1, 0.15) is 11.4 Å². The normalized spacial score (nSPS) is 19.8. The van der Waals surface area contributed by atoms with Gasteiger partial charge in [-0.3, -0.25) is 9.80 Å². The Morgan fingerprint density at radius 3 is 2.58 bits per heavy atom. The van der Waals surface area contributed by atoms with Crippen molar-refractivity contribution in [1.82, 2.24) is 19.8 Å². The number of hydrogen-bond donors (Lipinski definition) is 2. The minimum Gasteiger partial charge on any atom is -0.379 e. The first kappa shape index (κ1) is 22.4. The van der Waals surface area contributed by atoms with Crippen molar-refractivity contribution in [2.75, 3.05) is 56.6 Å². The lowest BCUT2D eigenvalue weighted by Crippen LogP contribution is -2.42. The van der Waals surface area contributed by atoms with Crippen LogP contribution in [0.1, 0.15) is 29.5 Å². The van der Waals surface area contributed by atoms with Crippen LogP contribution >= 0.6 is 0 Å². The molecule has 5 rings (SSSR count). The van der Waals surface area contributed by atoms with Crippen LogP contribution in [-0.4, -0.2) is 71.7 Å². The Bertz CT molecular complexity index is 975. The number of halogens is 3. The maximum absolute atomic E-state index is 13.3. The van der Waals surface area contributed by atoms with E-state index in [1.807, 2.05) is 6.07 Å². The van der Waals surface area contributed by atoms with E-state index in [4.69, 9.17) is 4.74 Å². The van der Waals surface area contributed by atoms with E-state index in [1.54, 1.807) is 0 Å². The van der Waals surface area contributed by atoms with E-state index >= 15 is 0 Å². The van der Waals surface area contributed by atoms with E-state index in [1.165, 1.54) is 11.1 Å². The van der Waals surface area contributed by atoms with Gasteiger partial charge in [0.15, 0.2) is 0 Å². The molecule has 2 N–H and O–H groups in total. The summed E-state index contributed by atoms with van der Waals surface area (Å²) in [5.74, 6) is 0.000769. The highest BCUT2D eigenvalue weighted by atomic mass is 19.4. The summed E-state index contributed by atoms with van der Waals surface area (Å²) >= 11 is 0. The van der Waals surface area contributed by atoms with Crippen molar-refractivity contribution < 1.29 is 17.9 Å². The number of alkyl halides is 3. The maximum atomic E-state index is 13.3. The zero-order valence-corrected chi connectivity index (χ0v) is 18.5. The Labute approximate surface area is 191 Å². The number of hydrogen-bond acceptors (Lipinski definition) is 7. The van der Waals surface area contributed by atoms with E-state index in [0.717, 1.165) is 83.6 Å². The summed E-state index contributed by atoms with van der Waals surface area (Å²) in [7, 11) is 0.